The van der Waals surface area contributed by atoms with Gasteiger partial charge in [0.15, 0.2) is 0 Å². The number of rotatable bonds is 8. The molecule has 1 aliphatic carbocycles. The van der Waals surface area contributed by atoms with Crippen LogP contribution in [0.25, 0.3) is 11.5 Å². The fourth-order valence-electron chi connectivity index (χ4n) is 3.59. The van der Waals surface area contributed by atoms with Crippen molar-refractivity contribution in [2.75, 3.05) is 20.1 Å². The van der Waals surface area contributed by atoms with Gasteiger partial charge in [-0.1, -0.05) is 37.5 Å². The summed E-state index contributed by atoms with van der Waals surface area (Å²) in [6, 6.07) is 10.4. The van der Waals surface area contributed by atoms with Crippen LogP contribution in [0.1, 0.15) is 44.2 Å². The zero-order valence-corrected chi connectivity index (χ0v) is 15.6. The van der Waals surface area contributed by atoms with Crippen LogP contribution in [0.5, 0.6) is 0 Å². The molecular weight excluding hydrogens is 326 g/mol. The summed E-state index contributed by atoms with van der Waals surface area (Å²) >= 11 is 0. The molecule has 0 saturated heterocycles. The summed E-state index contributed by atoms with van der Waals surface area (Å²) in [5, 5.41) is 2.99. The Balaban J connectivity index is 1.36. The molecule has 1 fully saturated rings. The first-order valence-corrected chi connectivity index (χ1v) is 9.69. The predicted molar refractivity (Wildman–Crippen MR) is 103 cm³/mol. The standard InChI is InChI=1S/C21H29N3O2/c1-24(19-11-6-3-7-12-19)14-8-13-22-20(25)15-18-16-26-21(23-18)17-9-4-2-5-10-17/h2,4-5,9-10,16,19H,3,6-8,11-15H2,1H3,(H,22,25). The number of oxazole rings is 1. The molecule has 0 radical (unpaired) electrons. The maximum Gasteiger partial charge on any atom is 0.226 e. The maximum atomic E-state index is 12.1. The van der Waals surface area contributed by atoms with Crippen LogP contribution in [-0.2, 0) is 11.2 Å². The summed E-state index contributed by atoms with van der Waals surface area (Å²) in [7, 11) is 2.21. The Kier molecular flexibility index (Phi) is 6.83. The third-order valence-electron chi connectivity index (χ3n) is 5.12. The van der Waals surface area contributed by atoms with Gasteiger partial charge in [-0.15, -0.1) is 0 Å². The van der Waals surface area contributed by atoms with Crippen LogP contribution in [0.15, 0.2) is 41.0 Å². The van der Waals surface area contributed by atoms with E-state index in [4.69, 9.17) is 4.42 Å². The number of benzene rings is 1. The molecule has 1 amide bonds. The minimum absolute atomic E-state index is 0.00164. The Morgan fingerprint density at radius 1 is 1.23 bits per heavy atom. The summed E-state index contributed by atoms with van der Waals surface area (Å²) in [5.41, 5.74) is 1.59. The summed E-state index contributed by atoms with van der Waals surface area (Å²) in [6.07, 6.45) is 9.54. The van der Waals surface area contributed by atoms with Gasteiger partial charge >= 0.3 is 0 Å². The van der Waals surface area contributed by atoms with E-state index in [0.717, 1.165) is 24.6 Å². The van der Waals surface area contributed by atoms with Crippen LogP contribution < -0.4 is 5.32 Å². The summed E-state index contributed by atoms with van der Waals surface area (Å²) in [6.45, 7) is 1.74. The van der Waals surface area contributed by atoms with E-state index < -0.39 is 0 Å². The van der Waals surface area contributed by atoms with Crippen molar-refractivity contribution in [3.05, 3.63) is 42.3 Å². The molecule has 0 aliphatic heterocycles. The molecule has 1 saturated carbocycles. The first kappa shape index (κ1) is 18.6. The quantitative estimate of drug-likeness (QED) is 0.734. The third kappa shape index (κ3) is 5.43. The lowest BCUT2D eigenvalue weighted by molar-refractivity contribution is -0.120. The second-order valence-electron chi connectivity index (χ2n) is 7.16. The van der Waals surface area contributed by atoms with Crippen molar-refractivity contribution in [3.8, 4) is 11.5 Å². The van der Waals surface area contributed by atoms with Crippen LogP contribution in [-0.4, -0.2) is 42.0 Å². The van der Waals surface area contributed by atoms with Crippen molar-refractivity contribution in [2.24, 2.45) is 0 Å². The van der Waals surface area contributed by atoms with Gasteiger partial charge in [0.2, 0.25) is 11.8 Å². The molecule has 1 aromatic carbocycles. The average molecular weight is 355 g/mol. The van der Waals surface area contributed by atoms with Gasteiger partial charge in [0.05, 0.1) is 12.1 Å². The van der Waals surface area contributed by atoms with E-state index in [1.54, 1.807) is 6.26 Å². The molecule has 1 heterocycles. The minimum Gasteiger partial charge on any atom is -0.444 e. The van der Waals surface area contributed by atoms with E-state index in [-0.39, 0.29) is 12.3 Å². The van der Waals surface area contributed by atoms with Gasteiger partial charge in [-0.25, -0.2) is 4.98 Å². The topological polar surface area (TPSA) is 58.4 Å². The van der Waals surface area contributed by atoms with E-state index in [1.165, 1.54) is 32.1 Å². The number of amides is 1. The van der Waals surface area contributed by atoms with Crippen LogP contribution in [0.2, 0.25) is 0 Å². The Hall–Kier alpha value is -2.14. The molecule has 5 nitrogen and oxygen atoms in total. The SMILES string of the molecule is CN(CCCNC(=O)Cc1coc(-c2ccccc2)n1)C1CCCCC1. The van der Waals surface area contributed by atoms with Crippen molar-refractivity contribution in [1.29, 1.82) is 0 Å². The van der Waals surface area contributed by atoms with Crippen molar-refractivity contribution in [1.82, 2.24) is 15.2 Å². The number of nitrogens with zero attached hydrogens (tertiary/aromatic N) is 2. The second kappa shape index (κ2) is 9.53. The molecule has 5 heteroatoms. The van der Waals surface area contributed by atoms with Crippen molar-refractivity contribution >= 4 is 5.91 Å². The molecule has 140 valence electrons. The van der Waals surface area contributed by atoms with Gasteiger partial charge < -0.3 is 14.6 Å². The van der Waals surface area contributed by atoms with Crippen LogP contribution in [0.3, 0.4) is 0 Å². The van der Waals surface area contributed by atoms with Gasteiger partial charge in [0.25, 0.3) is 0 Å². The number of carbonyl (C=O) groups is 1. The zero-order valence-electron chi connectivity index (χ0n) is 15.6. The first-order valence-electron chi connectivity index (χ1n) is 9.69. The van der Waals surface area contributed by atoms with E-state index in [9.17, 15) is 4.79 Å². The number of hydrogen-bond donors (Lipinski definition) is 1. The Labute approximate surface area is 155 Å². The molecule has 0 spiro atoms. The van der Waals surface area contributed by atoms with Crippen LogP contribution in [0, 0.1) is 0 Å². The lowest BCUT2D eigenvalue weighted by atomic mass is 9.94. The molecule has 1 aliphatic rings. The average Bonchev–Trinajstić information content (AvgIpc) is 3.15. The summed E-state index contributed by atoms with van der Waals surface area (Å²) in [5.74, 6) is 0.556. The van der Waals surface area contributed by atoms with E-state index >= 15 is 0 Å². The van der Waals surface area contributed by atoms with Crippen LogP contribution >= 0.6 is 0 Å². The smallest absolute Gasteiger partial charge is 0.226 e. The lowest BCUT2D eigenvalue weighted by Crippen LogP contribution is -2.36. The number of carbonyl (C=O) groups excluding carboxylic acids is 1. The summed E-state index contributed by atoms with van der Waals surface area (Å²) in [4.78, 5) is 19.0. The van der Waals surface area contributed by atoms with Gasteiger partial charge in [0, 0.05) is 18.2 Å². The predicted octanol–water partition coefficient (Wildman–Crippen LogP) is 3.65. The molecule has 0 bridgehead atoms. The highest BCUT2D eigenvalue weighted by Gasteiger charge is 2.17. The lowest BCUT2D eigenvalue weighted by Gasteiger charge is -2.31. The highest BCUT2D eigenvalue weighted by atomic mass is 16.3. The third-order valence-corrected chi connectivity index (χ3v) is 5.12. The van der Waals surface area contributed by atoms with Gasteiger partial charge in [-0.05, 0) is 45.0 Å². The Morgan fingerprint density at radius 3 is 2.77 bits per heavy atom. The molecule has 0 unspecified atom stereocenters. The minimum atomic E-state index is -0.00164. The van der Waals surface area contributed by atoms with E-state index in [2.05, 4.69) is 22.2 Å². The number of nitrogens with one attached hydrogen (secondary N) is 1. The molecule has 0 atom stereocenters. The molecule has 1 N–H and O–H groups in total. The van der Waals surface area contributed by atoms with Gasteiger partial charge in [0.1, 0.15) is 6.26 Å². The molecule has 2 aromatic rings. The van der Waals surface area contributed by atoms with Gasteiger partial charge in [-0.2, -0.15) is 0 Å². The van der Waals surface area contributed by atoms with Crippen LogP contribution in [0.4, 0.5) is 0 Å². The molecular formula is C21H29N3O2. The van der Waals surface area contributed by atoms with Crippen molar-refractivity contribution in [3.63, 3.8) is 0 Å². The second-order valence-corrected chi connectivity index (χ2v) is 7.16. The zero-order chi connectivity index (χ0) is 18.2. The molecule has 1 aromatic heterocycles. The number of aromatic nitrogens is 1. The fraction of sp³-hybridized carbons (Fsp3) is 0.524. The highest BCUT2D eigenvalue weighted by Crippen LogP contribution is 2.21. The normalized spacial score (nSPS) is 15.3. The highest BCUT2D eigenvalue weighted by molar-refractivity contribution is 5.78. The van der Waals surface area contributed by atoms with E-state index in [1.807, 2.05) is 30.3 Å². The van der Waals surface area contributed by atoms with Crippen molar-refractivity contribution < 1.29 is 9.21 Å². The summed E-state index contributed by atoms with van der Waals surface area (Å²) < 4.78 is 5.48. The number of hydrogen-bond acceptors (Lipinski definition) is 4. The molecule has 3 rings (SSSR count). The first-order chi connectivity index (χ1) is 12.7. The fourth-order valence-corrected chi connectivity index (χ4v) is 3.59. The Morgan fingerprint density at radius 2 is 2.00 bits per heavy atom. The van der Waals surface area contributed by atoms with E-state index in [0.29, 0.717) is 18.1 Å². The monoisotopic (exact) mass is 355 g/mol. The largest absolute Gasteiger partial charge is 0.444 e. The Bertz CT molecular complexity index is 678. The van der Waals surface area contributed by atoms with Gasteiger partial charge in [-0.3, -0.25) is 4.79 Å². The van der Waals surface area contributed by atoms with Crippen molar-refractivity contribution in [2.45, 2.75) is 51.0 Å². The molecule has 26 heavy (non-hydrogen) atoms. The maximum absolute atomic E-state index is 12.1.